The molecule has 54 heavy (non-hydrogen) atoms. The summed E-state index contributed by atoms with van der Waals surface area (Å²) in [6.45, 7) is 0. The summed E-state index contributed by atoms with van der Waals surface area (Å²) < 4.78 is 7.29. The summed E-state index contributed by atoms with van der Waals surface area (Å²) in [5.41, 5.74) is 0.468. The number of hydrogen-bond acceptors (Lipinski definition) is 2. The Bertz CT molecular complexity index is 1380. The Morgan fingerprint density at radius 1 is 0.426 bits per heavy atom. The Morgan fingerprint density at radius 2 is 1.04 bits per heavy atom. The molecule has 1 aliphatic heterocycles. The van der Waals surface area contributed by atoms with Crippen LogP contribution < -0.4 is 0 Å². The van der Waals surface area contributed by atoms with Crippen LogP contribution in [0.5, 0.6) is 0 Å². The molecule has 0 aromatic carbocycles. The average Bonchev–Trinajstić information content (AvgIpc) is 3.53. The van der Waals surface area contributed by atoms with E-state index in [0.29, 0.717) is 23.5 Å². The van der Waals surface area contributed by atoms with Gasteiger partial charge in [0.2, 0.25) is 0 Å². The molecular weight excluding hydrogens is 655 g/mol. The van der Waals surface area contributed by atoms with E-state index in [1.54, 1.807) is 51.4 Å². The van der Waals surface area contributed by atoms with Gasteiger partial charge >= 0.3 is 0 Å². The summed E-state index contributed by atoms with van der Waals surface area (Å²) in [6, 6.07) is 2.86. The van der Waals surface area contributed by atoms with Crippen molar-refractivity contribution in [2.24, 2.45) is 106 Å². The van der Waals surface area contributed by atoms with Gasteiger partial charge in [-0.15, -0.1) is 0 Å². The molecule has 18 unspecified atom stereocenters. The molecule has 1 heterocycles. The summed E-state index contributed by atoms with van der Waals surface area (Å²) >= 11 is 0. The van der Waals surface area contributed by atoms with E-state index in [0.717, 1.165) is 95.2 Å². The minimum absolute atomic E-state index is 0.273. The smallest absolute Gasteiger partial charge is 0.0655 e. The molecule has 0 amide bonds. The van der Waals surface area contributed by atoms with E-state index in [4.69, 9.17) is 4.74 Å². The Labute approximate surface area is 331 Å². The maximum absolute atomic E-state index is 10.4. The molecule has 11 rings (SSSR count). The molecule has 2 heteroatoms. The summed E-state index contributed by atoms with van der Waals surface area (Å²) in [5.74, 6) is 15.3. The summed E-state index contributed by atoms with van der Waals surface area (Å²) in [5, 5.41) is 10.4. The minimum atomic E-state index is 0.273. The van der Waals surface area contributed by atoms with Crippen LogP contribution in [-0.4, -0.2) is 12.2 Å². The van der Waals surface area contributed by atoms with E-state index in [2.05, 4.69) is 18.2 Å². The van der Waals surface area contributed by atoms with Crippen LogP contribution in [0.25, 0.3) is 0 Å². The summed E-state index contributed by atoms with van der Waals surface area (Å²) in [6.07, 6.45) is 49.7. The zero-order chi connectivity index (χ0) is 35.8. The molecule has 0 aromatic heterocycles. The molecular formula is C52H79NO. The monoisotopic (exact) mass is 734 g/mol. The number of hydrogen-bond donors (Lipinski definition) is 0. The van der Waals surface area contributed by atoms with E-state index >= 15 is 0 Å². The lowest BCUT2D eigenvalue weighted by Gasteiger charge is -2.64. The van der Waals surface area contributed by atoms with Crippen LogP contribution in [-0.2, 0) is 4.74 Å². The Hall–Kier alpha value is -0.810. The van der Waals surface area contributed by atoms with Gasteiger partial charge in [-0.05, 0) is 184 Å². The second kappa shape index (κ2) is 15.1. The maximum Gasteiger partial charge on any atom is 0.0655 e. The van der Waals surface area contributed by atoms with E-state index in [1.165, 1.54) is 128 Å². The van der Waals surface area contributed by atoms with Crippen molar-refractivity contribution in [2.45, 2.75) is 198 Å². The lowest BCUT2D eigenvalue weighted by molar-refractivity contribution is -0.246. The lowest BCUT2D eigenvalue weighted by Crippen LogP contribution is -2.62. The fourth-order valence-electron chi connectivity index (χ4n) is 19.9. The fourth-order valence-corrected chi connectivity index (χ4v) is 19.9. The summed E-state index contributed by atoms with van der Waals surface area (Å²) in [4.78, 5) is 0. The molecule has 11 aliphatic rings. The van der Waals surface area contributed by atoms with E-state index in [1.807, 2.05) is 0 Å². The molecule has 1 saturated heterocycles. The predicted octanol–water partition coefficient (Wildman–Crippen LogP) is 13.7. The number of allylic oxidation sites excluding steroid dienone is 2. The van der Waals surface area contributed by atoms with Gasteiger partial charge in [0.1, 0.15) is 0 Å². The van der Waals surface area contributed by atoms with E-state index in [-0.39, 0.29) is 5.92 Å². The van der Waals surface area contributed by atoms with Gasteiger partial charge in [-0.3, -0.25) is 0 Å². The number of rotatable bonds is 3. The van der Waals surface area contributed by atoms with Crippen molar-refractivity contribution in [3.05, 3.63) is 12.2 Å². The molecule has 10 aliphatic carbocycles. The van der Waals surface area contributed by atoms with Gasteiger partial charge in [0.05, 0.1) is 18.3 Å². The highest BCUT2D eigenvalue weighted by molar-refractivity contribution is 5.20. The van der Waals surface area contributed by atoms with Crippen LogP contribution in [0.3, 0.4) is 0 Å². The highest BCUT2D eigenvalue weighted by Gasteiger charge is 2.71. The normalized spacial score (nSPS) is 53.6. The van der Waals surface area contributed by atoms with E-state index in [9.17, 15) is 5.26 Å². The molecule has 0 bridgehead atoms. The van der Waals surface area contributed by atoms with Gasteiger partial charge in [0, 0.05) is 5.92 Å². The third-order valence-electron chi connectivity index (χ3n) is 21.3. The fraction of sp³-hybridized carbons (Fsp3) is 0.942. The van der Waals surface area contributed by atoms with Gasteiger partial charge in [0.25, 0.3) is 0 Å². The van der Waals surface area contributed by atoms with Gasteiger partial charge in [-0.25, -0.2) is 0 Å². The van der Waals surface area contributed by atoms with Crippen LogP contribution in [0, 0.1) is 117 Å². The summed E-state index contributed by atoms with van der Waals surface area (Å²) in [7, 11) is 0. The first kappa shape index (κ1) is 36.3. The first-order valence-electron chi connectivity index (χ1n) is 25.5. The molecule has 0 aromatic rings. The van der Waals surface area contributed by atoms with Crippen molar-refractivity contribution in [1.82, 2.24) is 0 Å². The van der Waals surface area contributed by atoms with Crippen molar-refractivity contribution in [2.75, 3.05) is 0 Å². The van der Waals surface area contributed by atoms with Crippen LogP contribution in [0.4, 0.5) is 0 Å². The Balaban J connectivity index is 0.948. The zero-order valence-electron chi connectivity index (χ0n) is 34.5. The first-order valence-corrected chi connectivity index (χ1v) is 25.5. The molecule has 2 nitrogen and oxygen atoms in total. The molecule has 9 saturated carbocycles. The average molecular weight is 734 g/mol. The molecule has 18 atom stereocenters. The van der Waals surface area contributed by atoms with Crippen molar-refractivity contribution in [3.8, 4) is 6.07 Å². The number of nitrogens with zero attached hydrogens (tertiary/aromatic N) is 1. The van der Waals surface area contributed by atoms with Gasteiger partial charge in [0.15, 0.2) is 0 Å². The quantitative estimate of drug-likeness (QED) is 0.271. The number of nitriles is 1. The predicted molar refractivity (Wildman–Crippen MR) is 219 cm³/mol. The number of fused-ring (bicyclic) bond motifs is 11. The van der Waals surface area contributed by atoms with Crippen LogP contribution >= 0.6 is 0 Å². The molecule has 10 fully saturated rings. The van der Waals surface area contributed by atoms with Gasteiger partial charge < -0.3 is 4.74 Å². The molecule has 298 valence electrons. The molecule has 0 N–H and O–H groups in total. The van der Waals surface area contributed by atoms with Gasteiger partial charge in [-0.2, -0.15) is 5.26 Å². The van der Waals surface area contributed by atoms with Gasteiger partial charge in [-0.1, -0.05) is 115 Å². The molecule has 0 radical (unpaired) electrons. The second-order valence-corrected chi connectivity index (χ2v) is 22.8. The highest BCUT2D eigenvalue weighted by Crippen LogP contribution is 2.75. The standard InChI is InChI=1S/C52H79NO/c53-32-33-23-28-49-47(29-33)52(45-21-11-12-22-48(45)54-49)44-20-10-9-17-38(44)39-26-24-37(31-46(39)52)36-25-27-42-43(30-36)51(35-15-5-2-6-16-35)41-19-8-7-18-40(41)50(42)34-13-3-1-4-14-34/h25,27,33-51H,1-24,26,28-31H2. The lowest BCUT2D eigenvalue weighted by atomic mass is 9.44. The topological polar surface area (TPSA) is 33.0 Å². The van der Waals surface area contributed by atoms with E-state index < -0.39 is 0 Å². The molecule has 1 spiro atoms. The Kier molecular flexibility index (Phi) is 10.1. The largest absolute Gasteiger partial charge is 0.374 e. The van der Waals surface area contributed by atoms with Crippen LogP contribution in [0.15, 0.2) is 12.2 Å². The number of ether oxygens (including phenoxy) is 1. The zero-order valence-corrected chi connectivity index (χ0v) is 34.5. The SMILES string of the molecule is N#CC1CCC2OC3CCCCC3C3(C2C1)C1CCCCC1C1CCC(C2C=CC4C(C2)C(C2CCCCC2)C2CCCCC2C4C2CCCCC2)CC13. The minimum Gasteiger partial charge on any atom is -0.374 e. The second-order valence-electron chi connectivity index (χ2n) is 22.8. The first-order chi connectivity index (χ1) is 26.7. The Morgan fingerprint density at radius 3 is 1.80 bits per heavy atom. The van der Waals surface area contributed by atoms with Crippen LogP contribution in [0.2, 0.25) is 0 Å². The van der Waals surface area contributed by atoms with Crippen LogP contribution in [0.1, 0.15) is 186 Å². The van der Waals surface area contributed by atoms with Crippen molar-refractivity contribution in [1.29, 1.82) is 5.26 Å². The third-order valence-corrected chi connectivity index (χ3v) is 21.3. The van der Waals surface area contributed by atoms with Crippen molar-refractivity contribution < 1.29 is 4.74 Å². The highest BCUT2D eigenvalue weighted by atomic mass is 16.5. The van der Waals surface area contributed by atoms with Crippen molar-refractivity contribution in [3.63, 3.8) is 0 Å². The third kappa shape index (κ3) is 5.79. The maximum atomic E-state index is 10.4. The van der Waals surface area contributed by atoms with Crippen molar-refractivity contribution >= 4 is 0 Å².